The molecular weight excluding hydrogens is 360 g/mol. The fourth-order valence-corrected chi connectivity index (χ4v) is 5.01. The van der Waals surface area contributed by atoms with Crippen molar-refractivity contribution in [3.63, 3.8) is 0 Å². The zero-order valence-corrected chi connectivity index (χ0v) is 16.4. The Morgan fingerprint density at radius 2 is 2.04 bits per heavy atom. The van der Waals surface area contributed by atoms with Gasteiger partial charge in [-0.25, -0.2) is 4.79 Å². The van der Waals surface area contributed by atoms with Crippen molar-refractivity contribution in [3.05, 3.63) is 34.3 Å². The van der Waals surface area contributed by atoms with Crippen molar-refractivity contribution >= 4 is 29.1 Å². The van der Waals surface area contributed by atoms with Gasteiger partial charge in [0.15, 0.2) is 0 Å². The van der Waals surface area contributed by atoms with Crippen LogP contribution in [-0.2, 0) is 17.8 Å². The Labute approximate surface area is 157 Å². The molecule has 1 unspecified atom stereocenters. The van der Waals surface area contributed by atoms with E-state index in [2.05, 4.69) is 4.72 Å². The summed E-state index contributed by atoms with van der Waals surface area (Å²) < 4.78 is 15.8. The van der Waals surface area contributed by atoms with Gasteiger partial charge in [0.2, 0.25) is 0 Å². The van der Waals surface area contributed by atoms with E-state index in [1.807, 2.05) is 39.0 Å². The summed E-state index contributed by atoms with van der Waals surface area (Å²) in [6.45, 7) is 6.87. The van der Waals surface area contributed by atoms with Crippen molar-refractivity contribution < 1.29 is 14.5 Å². The van der Waals surface area contributed by atoms with E-state index in [0.717, 1.165) is 24.8 Å². The van der Waals surface area contributed by atoms with Crippen molar-refractivity contribution in [1.82, 2.24) is 9.62 Å². The van der Waals surface area contributed by atoms with Crippen molar-refractivity contribution in [2.24, 2.45) is 5.41 Å². The maximum atomic E-state index is 12.8. The summed E-state index contributed by atoms with van der Waals surface area (Å²) in [5, 5.41) is 9.91. The normalized spacial score (nSPS) is 23.6. The predicted molar refractivity (Wildman–Crippen MR) is 100 cm³/mol. The van der Waals surface area contributed by atoms with Crippen molar-refractivity contribution in [3.8, 4) is 0 Å². The third-order valence-electron chi connectivity index (χ3n) is 5.38. The number of halogens is 1. The number of benzene rings is 1. The zero-order chi connectivity index (χ0) is 18.4. The first-order valence-electron chi connectivity index (χ1n) is 8.57. The fourth-order valence-electron chi connectivity index (χ4n) is 3.89. The van der Waals surface area contributed by atoms with Crippen LogP contribution in [0.15, 0.2) is 18.2 Å². The second kappa shape index (κ2) is 6.65. The van der Waals surface area contributed by atoms with E-state index in [9.17, 15) is 14.5 Å². The molecule has 7 heteroatoms. The summed E-state index contributed by atoms with van der Waals surface area (Å²) in [7, 11) is 0. The largest absolute Gasteiger partial charge is 0.598 e. The van der Waals surface area contributed by atoms with E-state index in [1.165, 1.54) is 10.5 Å². The van der Waals surface area contributed by atoms with Gasteiger partial charge in [0.25, 0.3) is 0 Å². The molecular formula is C18H25ClN2O3S. The van der Waals surface area contributed by atoms with Crippen LogP contribution in [0.1, 0.15) is 50.8 Å². The van der Waals surface area contributed by atoms with Crippen molar-refractivity contribution in [2.45, 2.75) is 50.8 Å². The third kappa shape index (κ3) is 3.63. The summed E-state index contributed by atoms with van der Waals surface area (Å²) in [6.07, 6.45) is 1.51. The fraction of sp³-hybridized carbons (Fsp3) is 0.611. The minimum atomic E-state index is -1.21. The van der Waals surface area contributed by atoms with E-state index in [4.69, 9.17) is 11.6 Å². The molecule has 0 saturated carbocycles. The molecule has 1 heterocycles. The highest BCUT2D eigenvalue weighted by molar-refractivity contribution is 7.90. The highest BCUT2D eigenvalue weighted by Crippen LogP contribution is 2.53. The van der Waals surface area contributed by atoms with Crippen LogP contribution in [0.25, 0.3) is 0 Å². The SMILES string of the molecule is CC(C)(C)[S+]([O-])N[C@H]1c2cc(Cl)ccc2CC12CCN(C(=O)O)CC2. The number of nitrogens with one attached hydrogen (secondary N) is 1. The molecule has 0 radical (unpaired) electrons. The Morgan fingerprint density at radius 1 is 1.40 bits per heavy atom. The number of carboxylic acid groups (broad SMARTS) is 1. The lowest BCUT2D eigenvalue weighted by Gasteiger charge is -2.43. The Balaban J connectivity index is 1.91. The number of piperidine rings is 1. The molecule has 5 nitrogen and oxygen atoms in total. The van der Waals surface area contributed by atoms with Gasteiger partial charge in [0, 0.05) is 34.9 Å². The van der Waals surface area contributed by atoms with Crippen LogP contribution >= 0.6 is 11.6 Å². The molecule has 2 N–H and O–H groups in total. The first kappa shape index (κ1) is 18.8. The standard InChI is InChI=1S/C18H25ClN2O3S/c1-17(2,3)25(24)20-15-14-10-13(19)5-4-12(14)11-18(15)6-8-21(9-7-18)16(22)23/h4-5,10,15,20H,6-9,11H2,1-3H3,(H,22,23)/t15-,25?/m0/s1. The average molecular weight is 385 g/mol. The number of rotatable bonds is 2. The molecule has 25 heavy (non-hydrogen) atoms. The van der Waals surface area contributed by atoms with E-state index in [-0.39, 0.29) is 16.2 Å². The molecule has 1 saturated heterocycles. The number of nitrogens with zero attached hydrogens (tertiary/aromatic N) is 1. The van der Waals surface area contributed by atoms with Gasteiger partial charge in [0.1, 0.15) is 4.75 Å². The van der Waals surface area contributed by atoms with Crippen molar-refractivity contribution in [1.29, 1.82) is 0 Å². The Hall–Kier alpha value is -0.950. The molecule has 0 aromatic heterocycles. The summed E-state index contributed by atoms with van der Waals surface area (Å²) >= 11 is 5.01. The lowest BCUT2D eigenvalue weighted by molar-refractivity contribution is 0.0764. The Morgan fingerprint density at radius 3 is 2.60 bits per heavy atom. The molecule has 2 aliphatic rings. The zero-order valence-electron chi connectivity index (χ0n) is 14.8. The molecule has 3 rings (SSSR count). The highest BCUT2D eigenvalue weighted by atomic mass is 35.5. The van der Waals surface area contributed by atoms with Crippen LogP contribution in [0.3, 0.4) is 0 Å². The van der Waals surface area contributed by atoms with E-state index in [0.29, 0.717) is 18.1 Å². The molecule has 1 spiro atoms. The van der Waals surface area contributed by atoms with Crippen LogP contribution in [0, 0.1) is 5.41 Å². The maximum absolute atomic E-state index is 12.8. The second-order valence-corrected chi connectivity index (χ2v) is 10.5. The van der Waals surface area contributed by atoms with Gasteiger partial charge in [0.05, 0.1) is 6.04 Å². The first-order valence-corrected chi connectivity index (χ1v) is 10.1. The minimum Gasteiger partial charge on any atom is -0.598 e. The summed E-state index contributed by atoms with van der Waals surface area (Å²) in [4.78, 5) is 12.7. The minimum absolute atomic E-state index is 0.0720. The van der Waals surface area contributed by atoms with Crippen LogP contribution < -0.4 is 4.72 Å². The highest BCUT2D eigenvalue weighted by Gasteiger charge is 2.50. The molecule has 1 fully saturated rings. The lowest BCUT2D eigenvalue weighted by atomic mass is 9.73. The molecule has 2 atom stereocenters. The van der Waals surface area contributed by atoms with Gasteiger partial charge >= 0.3 is 6.09 Å². The lowest BCUT2D eigenvalue weighted by Crippen LogP contribution is -2.50. The van der Waals surface area contributed by atoms with Gasteiger partial charge in [-0.2, -0.15) is 0 Å². The molecule has 1 aliphatic heterocycles. The van der Waals surface area contributed by atoms with Crippen LogP contribution in [0.5, 0.6) is 0 Å². The first-order chi connectivity index (χ1) is 11.6. The summed E-state index contributed by atoms with van der Waals surface area (Å²) in [6, 6.07) is 5.83. The third-order valence-corrected chi connectivity index (χ3v) is 7.18. The molecule has 1 amide bonds. The van der Waals surface area contributed by atoms with E-state index < -0.39 is 17.5 Å². The van der Waals surface area contributed by atoms with Gasteiger partial charge in [-0.3, -0.25) is 0 Å². The number of hydrogen-bond acceptors (Lipinski definition) is 3. The number of likely N-dealkylation sites (tertiary alicyclic amines) is 1. The van der Waals surface area contributed by atoms with Gasteiger partial charge in [-0.15, -0.1) is 4.72 Å². The number of fused-ring (bicyclic) bond motifs is 1. The smallest absolute Gasteiger partial charge is 0.407 e. The predicted octanol–water partition coefficient (Wildman–Crippen LogP) is 3.75. The second-order valence-electron chi connectivity index (χ2n) is 8.08. The van der Waals surface area contributed by atoms with Crippen molar-refractivity contribution in [2.75, 3.05) is 13.1 Å². The van der Waals surface area contributed by atoms with E-state index in [1.54, 1.807) is 0 Å². The molecule has 1 aliphatic carbocycles. The monoisotopic (exact) mass is 384 g/mol. The average Bonchev–Trinajstić information content (AvgIpc) is 2.80. The molecule has 1 aromatic rings. The molecule has 0 bridgehead atoms. The van der Waals surface area contributed by atoms with Gasteiger partial charge in [-0.05, 0) is 63.3 Å². The Kier molecular flexibility index (Phi) is 5.01. The van der Waals surface area contributed by atoms with E-state index >= 15 is 0 Å². The topological polar surface area (TPSA) is 75.6 Å². The Bertz CT molecular complexity index is 669. The quantitative estimate of drug-likeness (QED) is 0.761. The number of hydrogen-bond donors (Lipinski definition) is 2. The maximum Gasteiger partial charge on any atom is 0.407 e. The summed E-state index contributed by atoms with van der Waals surface area (Å²) in [5.41, 5.74) is 2.21. The van der Waals surface area contributed by atoms with Crippen LogP contribution in [-0.4, -0.2) is 38.5 Å². The number of carbonyl (C=O) groups is 1. The molecule has 138 valence electrons. The van der Waals surface area contributed by atoms with Crippen LogP contribution in [0.2, 0.25) is 5.02 Å². The van der Waals surface area contributed by atoms with Crippen LogP contribution in [0.4, 0.5) is 4.79 Å². The summed E-state index contributed by atoms with van der Waals surface area (Å²) in [5.74, 6) is 0. The number of amides is 1. The van der Waals surface area contributed by atoms with Gasteiger partial charge in [-0.1, -0.05) is 17.7 Å². The molecule has 1 aromatic carbocycles. The van der Waals surface area contributed by atoms with Gasteiger partial charge < -0.3 is 14.6 Å².